The van der Waals surface area contributed by atoms with Crippen molar-refractivity contribution in [3.63, 3.8) is 0 Å². The van der Waals surface area contributed by atoms with Crippen molar-refractivity contribution in [1.29, 1.82) is 0 Å². The quantitative estimate of drug-likeness (QED) is 0.407. The predicted molar refractivity (Wildman–Crippen MR) is 156 cm³/mol. The lowest BCUT2D eigenvalue weighted by Gasteiger charge is -2.34. The van der Waals surface area contributed by atoms with Gasteiger partial charge in [0, 0.05) is 19.3 Å². The van der Waals surface area contributed by atoms with Crippen LogP contribution in [0.5, 0.6) is 0 Å². The maximum atomic E-state index is 13.1. The van der Waals surface area contributed by atoms with E-state index in [0.717, 1.165) is 23.5 Å². The monoisotopic (exact) mass is 580 g/mol. The molecule has 1 atom stereocenters. The van der Waals surface area contributed by atoms with E-state index in [2.05, 4.69) is 26.4 Å². The van der Waals surface area contributed by atoms with Gasteiger partial charge in [-0.25, -0.2) is 34.5 Å². The largest absolute Gasteiger partial charge is 0.443 e. The van der Waals surface area contributed by atoms with Crippen LogP contribution < -0.4 is 9.80 Å². The number of imidazole rings is 1. The third-order valence-electron chi connectivity index (χ3n) is 6.80. The van der Waals surface area contributed by atoms with E-state index in [-0.39, 0.29) is 12.0 Å². The van der Waals surface area contributed by atoms with Gasteiger partial charge < -0.3 is 23.7 Å². The third kappa shape index (κ3) is 6.61. The Bertz CT molecular complexity index is 1460. The summed E-state index contributed by atoms with van der Waals surface area (Å²) in [5.74, 6) is 1.62. The van der Waals surface area contributed by atoms with E-state index < -0.39 is 23.4 Å². The molecule has 3 aromatic heterocycles. The Labute approximate surface area is 245 Å². The Hall–Kier alpha value is -3.87. The van der Waals surface area contributed by atoms with Crippen LogP contribution in [0.3, 0.4) is 0 Å². The average molecular weight is 581 g/mol. The van der Waals surface area contributed by atoms with Crippen molar-refractivity contribution in [3.05, 3.63) is 18.2 Å². The fraction of sp³-hybridized carbons (Fsp3) is 0.621. The van der Waals surface area contributed by atoms with Crippen molar-refractivity contribution in [2.45, 2.75) is 92.0 Å². The van der Waals surface area contributed by atoms with Crippen LogP contribution >= 0.6 is 0 Å². The van der Waals surface area contributed by atoms with Crippen LogP contribution in [-0.2, 0) is 20.8 Å². The number of hydrogen-bond acceptors (Lipinski definition) is 11. The molecule has 0 radical (unpaired) electrons. The van der Waals surface area contributed by atoms with Gasteiger partial charge in [0.15, 0.2) is 22.8 Å². The molecule has 0 N–H and O–H groups in total. The summed E-state index contributed by atoms with van der Waals surface area (Å²) in [4.78, 5) is 52.7. The number of rotatable bonds is 5. The smallest absolute Gasteiger partial charge is 0.427 e. The van der Waals surface area contributed by atoms with Crippen LogP contribution in [0.15, 0.2) is 12.5 Å². The molecular weight excluding hydrogens is 540 g/mol. The first-order valence-electron chi connectivity index (χ1n) is 14.4. The summed E-state index contributed by atoms with van der Waals surface area (Å²) in [7, 11) is 0. The van der Waals surface area contributed by atoms with E-state index in [1.807, 2.05) is 6.33 Å². The standard InChI is InChI=1S/C29H40N8O5/c1-17-15-40-12-11-36(17)24-21-23(35(16-31-21)14-19-9-10-19)33-22(34-24)20-13-30-25(32-18(20)2)37(26(38)41-28(3,4)5)27(39)42-29(6,7)8/h13,16-17,19H,9-12,14-15H2,1-8H3/t17-/m0/s1. The van der Waals surface area contributed by atoms with E-state index in [1.54, 1.807) is 48.5 Å². The molecule has 13 nitrogen and oxygen atoms in total. The molecule has 4 heterocycles. The van der Waals surface area contributed by atoms with E-state index in [0.29, 0.717) is 47.7 Å². The lowest BCUT2D eigenvalue weighted by atomic mass is 10.2. The molecule has 1 saturated heterocycles. The zero-order valence-corrected chi connectivity index (χ0v) is 25.7. The zero-order chi connectivity index (χ0) is 30.4. The Morgan fingerprint density at radius 2 is 1.69 bits per heavy atom. The SMILES string of the molecule is Cc1nc(N(C(=O)OC(C)(C)C)C(=O)OC(C)(C)C)ncc1-c1nc(N2CCOC[C@@H]2C)c2ncn(CC3CC3)c2n1. The summed E-state index contributed by atoms with van der Waals surface area (Å²) in [5, 5.41) is 0. The maximum absolute atomic E-state index is 13.1. The summed E-state index contributed by atoms with van der Waals surface area (Å²) in [6.45, 7) is 16.8. The summed E-state index contributed by atoms with van der Waals surface area (Å²) < 4.78 is 18.7. The van der Waals surface area contributed by atoms with Crippen molar-refractivity contribution in [1.82, 2.24) is 29.5 Å². The minimum absolute atomic E-state index is 0.106. The van der Waals surface area contributed by atoms with Gasteiger partial charge in [-0.15, -0.1) is 4.90 Å². The second-order valence-electron chi connectivity index (χ2n) is 13.0. The highest BCUT2D eigenvalue weighted by atomic mass is 16.6. The van der Waals surface area contributed by atoms with E-state index in [4.69, 9.17) is 29.2 Å². The van der Waals surface area contributed by atoms with Crippen LogP contribution in [0.4, 0.5) is 21.4 Å². The number of fused-ring (bicyclic) bond motifs is 1. The second-order valence-corrected chi connectivity index (χ2v) is 13.0. The summed E-state index contributed by atoms with van der Waals surface area (Å²) in [6.07, 6.45) is 3.89. The number of imide groups is 1. The average Bonchev–Trinajstić information content (AvgIpc) is 3.60. The number of hydrogen-bond donors (Lipinski definition) is 0. The summed E-state index contributed by atoms with van der Waals surface area (Å²) in [5.41, 5.74) is 0.816. The van der Waals surface area contributed by atoms with Crippen molar-refractivity contribution < 1.29 is 23.8 Å². The normalized spacial score (nSPS) is 17.8. The van der Waals surface area contributed by atoms with Crippen LogP contribution in [0.1, 0.15) is 67.0 Å². The van der Waals surface area contributed by atoms with Crippen molar-refractivity contribution >= 4 is 35.1 Å². The van der Waals surface area contributed by atoms with Gasteiger partial charge in [0.25, 0.3) is 0 Å². The minimum atomic E-state index is -0.936. The summed E-state index contributed by atoms with van der Waals surface area (Å²) in [6, 6.07) is 0.106. The molecule has 226 valence electrons. The number of ether oxygens (including phenoxy) is 3. The molecule has 0 spiro atoms. The van der Waals surface area contributed by atoms with E-state index >= 15 is 0 Å². The Morgan fingerprint density at radius 3 is 2.26 bits per heavy atom. The van der Waals surface area contributed by atoms with Gasteiger partial charge in [-0.05, 0) is 74.1 Å². The van der Waals surface area contributed by atoms with E-state index in [9.17, 15) is 9.59 Å². The highest BCUT2D eigenvalue weighted by Gasteiger charge is 2.35. The molecule has 0 bridgehead atoms. The molecular formula is C29H40N8O5. The fourth-order valence-electron chi connectivity index (χ4n) is 4.64. The van der Waals surface area contributed by atoms with Gasteiger partial charge in [-0.1, -0.05) is 0 Å². The highest BCUT2D eigenvalue weighted by Crippen LogP contribution is 2.34. The van der Waals surface area contributed by atoms with Gasteiger partial charge in [0.1, 0.15) is 11.2 Å². The van der Waals surface area contributed by atoms with Gasteiger partial charge >= 0.3 is 12.2 Å². The van der Waals surface area contributed by atoms with Crippen LogP contribution in [0.25, 0.3) is 22.6 Å². The van der Waals surface area contributed by atoms with Crippen LogP contribution in [0.2, 0.25) is 0 Å². The highest BCUT2D eigenvalue weighted by molar-refractivity contribution is 6.08. The first-order chi connectivity index (χ1) is 19.7. The number of aryl methyl sites for hydroxylation is 1. The summed E-state index contributed by atoms with van der Waals surface area (Å²) >= 11 is 0. The molecule has 2 fully saturated rings. The molecule has 5 rings (SSSR count). The molecule has 1 aliphatic heterocycles. The minimum Gasteiger partial charge on any atom is -0.443 e. The van der Waals surface area contributed by atoms with Crippen molar-refractivity contribution in [3.8, 4) is 11.4 Å². The molecule has 3 aromatic rings. The van der Waals surface area contributed by atoms with Crippen LogP contribution in [0, 0.1) is 12.8 Å². The Kier molecular flexibility index (Phi) is 7.82. The van der Waals surface area contributed by atoms with Crippen LogP contribution in [-0.4, -0.2) is 78.7 Å². The molecule has 1 aliphatic carbocycles. The number of morpholine rings is 1. The second kappa shape index (κ2) is 11.1. The van der Waals surface area contributed by atoms with Gasteiger partial charge in [0.05, 0.1) is 36.8 Å². The number of amides is 2. The van der Waals surface area contributed by atoms with Gasteiger partial charge in [-0.3, -0.25) is 0 Å². The number of nitrogens with zero attached hydrogens (tertiary/aromatic N) is 8. The molecule has 42 heavy (non-hydrogen) atoms. The number of carbonyl (C=O) groups is 2. The first kappa shape index (κ1) is 29.6. The number of carbonyl (C=O) groups excluding carboxylic acids is 2. The van der Waals surface area contributed by atoms with Crippen molar-refractivity contribution in [2.24, 2.45) is 5.92 Å². The topological polar surface area (TPSA) is 138 Å². The fourth-order valence-corrected chi connectivity index (χ4v) is 4.64. The molecule has 2 aliphatic rings. The van der Waals surface area contributed by atoms with Crippen molar-refractivity contribution in [2.75, 3.05) is 29.6 Å². The molecule has 0 unspecified atom stereocenters. The third-order valence-corrected chi connectivity index (χ3v) is 6.80. The van der Waals surface area contributed by atoms with Gasteiger partial charge in [0.2, 0.25) is 5.95 Å². The Morgan fingerprint density at radius 1 is 1.02 bits per heavy atom. The zero-order valence-electron chi connectivity index (χ0n) is 25.7. The molecule has 13 heteroatoms. The predicted octanol–water partition coefficient (Wildman–Crippen LogP) is 4.90. The Balaban J connectivity index is 1.57. The lowest BCUT2D eigenvalue weighted by Crippen LogP contribution is -2.44. The molecule has 2 amide bonds. The van der Waals surface area contributed by atoms with E-state index in [1.165, 1.54) is 19.0 Å². The molecule has 0 aromatic carbocycles. The number of aromatic nitrogens is 6. The van der Waals surface area contributed by atoms with Gasteiger partial charge in [-0.2, -0.15) is 0 Å². The first-order valence-corrected chi connectivity index (χ1v) is 14.4. The number of anilines is 2. The molecule has 1 saturated carbocycles. The maximum Gasteiger partial charge on any atom is 0.427 e. The lowest BCUT2D eigenvalue weighted by molar-refractivity contribution is 0.0427.